The molecule has 2 rings (SSSR count). The zero-order valence-electron chi connectivity index (χ0n) is 12.5. The number of ether oxygens (including phenoxy) is 1. The van der Waals surface area contributed by atoms with E-state index < -0.39 is 11.7 Å². The van der Waals surface area contributed by atoms with Crippen LogP contribution in [0.15, 0.2) is 18.3 Å². The van der Waals surface area contributed by atoms with Gasteiger partial charge in [-0.15, -0.1) is 0 Å². The molecule has 0 N–H and O–H groups in total. The summed E-state index contributed by atoms with van der Waals surface area (Å²) in [5.41, 5.74) is -0.0333. The summed E-state index contributed by atoms with van der Waals surface area (Å²) >= 11 is 0. The van der Waals surface area contributed by atoms with E-state index in [1.165, 1.54) is 11.1 Å². The van der Waals surface area contributed by atoms with E-state index >= 15 is 0 Å². The predicted molar refractivity (Wildman–Crippen MR) is 79.8 cm³/mol. The van der Waals surface area contributed by atoms with Crippen molar-refractivity contribution >= 4 is 31.1 Å². The van der Waals surface area contributed by atoms with Crippen LogP contribution in [0, 0.1) is 0 Å². The normalized spacial score (nSPS) is 16.0. The van der Waals surface area contributed by atoms with E-state index in [4.69, 9.17) is 12.6 Å². The Bertz CT molecular complexity index is 539. The van der Waals surface area contributed by atoms with Gasteiger partial charge >= 0.3 is 6.09 Å². The number of hydrogen-bond donors (Lipinski definition) is 0. The molecule has 1 aliphatic rings. The van der Waals surface area contributed by atoms with Gasteiger partial charge in [-0.1, -0.05) is 11.5 Å². The van der Waals surface area contributed by atoms with Crippen LogP contribution >= 0.6 is 0 Å². The highest BCUT2D eigenvalue weighted by atomic mass is 16.6. The Labute approximate surface area is 125 Å². The third kappa shape index (κ3) is 3.96. The number of amides is 2. The molecule has 0 aliphatic carbocycles. The molecule has 110 valence electrons. The fourth-order valence-electron chi connectivity index (χ4n) is 1.95. The lowest BCUT2D eigenvalue weighted by Crippen LogP contribution is -2.53. The first kappa shape index (κ1) is 15.3. The Morgan fingerprint density at radius 2 is 2.05 bits per heavy atom. The SMILES string of the molecule is [B]c1ccc(N2CCN(C(=O)OC(C)(C)C)CC2=O)nc1. The fourth-order valence-corrected chi connectivity index (χ4v) is 1.95. The van der Waals surface area contributed by atoms with Gasteiger partial charge in [-0.3, -0.25) is 14.6 Å². The van der Waals surface area contributed by atoms with Crippen LogP contribution in [0.4, 0.5) is 10.6 Å². The van der Waals surface area contributed by atoms with Crippen LogP contribution in [-0.4, -0.2) is 55.0 Å². The Morgan fingerprint density at radius 1 is 1.33 bits per heavy atom. The van der Waals surface area contributed by atoms with Crippen LogP contribution < -0.4 is 10.4 Å². The molecule has 2 radical (unpaired) electrons. The smallest absolute Gasteiger partial charge is 0.410 e. The molecular weight excluding hydrogens is 269 g/mol. The lowest BCUT2D eigenvalue weighted by molar-refractivity contribution is -0.121. The van der Waals surface area contributed by atoms with Crippen molar-refractivity contribution in [1.29, 1.82) is 0 Å². The first-order chi connectivity index (χ1) is 9.76. The maximum Gasteiger partial charge on any atom is 0.410 e. The van der Waals surface area contributed by atoms with Gasteiger partial charge in [0.15, 0.2) is 0 Å². The first-order valence-electron chi connectivity index (χ1n) is 6.76. The third-order valence-electron chi connectivity index (χ3n) is 2.92. The number of nitrogens with zero attached hydrogens (tertiary/aromatic N) is 3. The van der Waals surface area contributed by atoms with Crippen LogP contribution in [0.2, 0.25) is 0 Å². The first-order valence-corrected chi connectivity index (χ1v) is 6.76. The highest BCUT2D eigenvalue weighted by Crippen LogP contribution is 2.16. The Kier molecular flexibility index (Phi) is 4.20. The zero-order valence-corrected chi connectivity index (χ0v) is 12.5. The Morgan fingerprint density at radius 3 is 2.57 bits per heavy atom. The van der Waals surface area contributed by atoms with Gasteiger partial charge in [0, 0.05) is 19.3 Å². The molecule has 1 aromatic heterocycles. The quantitative estimate of drug-likeness (QED) is 0.704. The van der Waals surface area contributed by atoms with E-state index in [0.717, 1.165) is 0 Å². The second kappa shape index (κ2) is 5.75. The summed E-state index contributed by atoms with van der Waals surface area (Å²) in [7, 11) is 5.58. The molecule has 6 nitrogen and oxygen atoms in total. The summed E-state index contributed by atoms with van der Waals surface area (Å²) in [5, 5.41) is 0. The van der Waals surface area contributed by atoms with Crippen molar-refractivity contribution in [2.75, 3.05) is 24.5 Å². The monoisotopic (exact) mass is 287 g/mol. The van der Waals surface area contributed by atoms with Gasteiger partial charge in [0.25, 0.3) is 0 Å². The molecule has 21 heavy (non-hydrogen) atoms. The fraction of sp³-hybridized carbons (Fsp3) is 0.500. The molecule has 0 atom stereocenters. The van der Waals surface area contributed by atoms with E-state index in [0.29, 0.717) is 24.4 Å². The molecule has 0 saturated carbocycles. The molecule has 1 fully saturated rings. The van der Waals surface area contributed by atoms with Gasteiger partial charge in [0.1, 0.15) is 25.8 Å². The molecule has 1 saturated heterocycles. The molecule has 0 bridgehead atoms. The molecular formula is C14H18BN3O3. The van der Waals surface area contributed by atoms with Gasteiger partial charge < -0.3 is 4.74 Å². The number of pyridine rings is 1. The zero-order chi connectivity index (χ0) is 15.6. The molecule has 0 unspecified atom stereocenters. The average molecular weight is 287 g/mol. The number of piperazine rings is 1. The highest BCUT2D eigenvalue weighted by Gasteiger charge is 2.31. The minimum absolute atomic E-state index is 0.0129. The van der Waals surface area contributed by atoms with Crippen LogP contribution in [-0.2, 0) is 9.53 Å². The van der Waals surface area contributed by atoms with E-state index in [9.17, 15) is 9.59 Å². The number of rotatable bonds is 1. The van der Waals surface area contributed by atoms with E-state index in [1.807, 2.05) is 0 Å². The molecule has 0 spiro atoms. The van der Waals surface area contributed by atoms with E-state index in [1.54, 1.807) is 37.8 Å². The van der Waals surface area contributed by atoms with Crippen molar-refractivity contribution in [2.45, 2.75) is 26.4 Å². The van der Waals surface area contributed by atoms with Gasteiger partial charge in [-0.05, 0) is 26.8 Å². The van der Waals surface area contributed by atoms with Crippen molar-refractivity contribution in [2.24, 2.45) is 0 Å². The molecule has 2 amide bonds. The standard InChI is InChI=1S/C14H18BN3O3/c1-14(2,3)21-13(20)17-6-7-18(12(19)9-17)11-5-4-10(15)8-16-11/h4-5,8H,6-7,9H2,1-3H3. The summed E-state index contributed by atoms with van der Waals surface area (Å²) in [6, 6.07) is 3.38. The number of anilines is 1. The van der Waals surface area contributed by atoms with Gasteiger partial charge in [0.05, 0.1) is 0 Å². The van der Waals surface area contributed by atoms with Crippen molar-refractivity contribution in [3.8, 4) is 0 Å². The maximum atomic E-state index is 12.2. The Balaban J connectivity index is 2.01. The summed E-state index contributed by atoms with van der Waals surface area (Å²) in [4.78, 5) is 31.2. The summed E-state index contributed by atoms with van der Waals surface area (Å²) in [6.45, 7) is 6.16. The second-order valence-corrected chi connectivity index (χ2v) is 5.90. The average Bonchev–Trinajstić information content (AvgIpc) is 2.38. The van der Waals surface area contributed by atoms with E-state index in [-0.39, 0.29) is 12.5 Å². The molecule has 2 heterocycles. The highest BCUT2D eigenvalue weighted by molar-refractivity contribution is 6.32. The van der Waals surface area contributed by atoms with Crippen LogP contribution in [0.1, 0.15) is 20.8 Å². The van der Waals surface area contributed by atoms with Gasteiger partial charge in [0.2, 0.25) is 5.91 Å². The lowest BCUT2D eigenvalue weighted by Gasteiger charge is -2.34. The van der Waals surface area contributed by atoms with Gasteiger partial charge in [-0.2, -0.15) is 0 Å². The minimum Gasteiger partial charge on any atom is -0.444 e. The Hall–Kier alpha value is -2.05. The molecule has 1 aliphatic heterocycles. The number of aromatic nitrogens is 1. The second-order valence-electron chi connectivity index (χ2n) is 5.90. The molecule has 1 aromatic rings. The molecule has 0 aromatic carbocycles. The predicted octanol–water partition coefficient (Wildman–Crippen LogP) is 0.459. The van der Waals surface area contributed by atoms with Crippen LogP contribution in [0.25, 0.3) is 0 Å². The lowest BCUT2D eigenvalue weighted by atomic mass is 9.99. The van der Waals surface area contributed by atoms with Crippen molar-refractivity contribution in [1.82, 2.24) is 9.88 Å². The summed E-state index contributed by atoms with van der Waals surface area (Å²) in [5.74, 6) is 0.349. The van der Waals surface area contributed by atoms with Crippen LogP contribution in [0.3, 0.4) is 0 Å². The van der Waals surface area contributed by atoms with Crippen molar-refractivity contribution in [3.63, 3.8) is 0 Å². The van der Waals surface area contributed by atoms with Crippen molar-refractivity contribution in [3.05, 3.63) is 18.3 Å². The summed E-state index contributed by atoms with van der Waals surface area (Å²) < 4.78 is 5.27. The topological polar surface area (TPSA) is 62.7 Å². The number of hydrogen-bond acceptors (Lipinski definition) is 4. The largest absolute Gasteiger partial charge is 0.444 e. The van der Waals surface area contributed by atoms with E-state index in [2.05, 4.69) is 4.98 Å². The van der Waals surface area contributed by atoms with Crippen LogP contribution in [0.5, 0.6) is 0 Å². The third-order valence-corrected chi connectivity index (χ3v) is 2.92. The number of carbonyl (C=O) groups is 2. The minimum atomic E-state index is -0.574. The van der Waals surface area contributed by atoms with Gasteiger partial charge in [-0.25, -0.2) is 9.78 Å². The van der Waals surface area contributed by atoms with Crippen molar-refractivity contribution < 1.29 is 14.3 Å². The summed E-state index contributed by atoms with van der Waals surface area (Å²) in [6.07, 6.45) is 1.03. The maximum absolute atomic E-state index is 12.2. The number of carbonyl (C=O) groups excluding carboxylic acids is 2. The molecule has 7 heteroatoms.